The highest BCUT2D eigenvalue weighted by Gasteiger charge is 2.36. The first kappa shape index (κ1) is 16.5. The van der Waals surface area contributed by atoms with Gasteiger partial charge in [-0.1, -0.05) is 37.1 Å². The maximum absolute atomic E-state index is 12.5. The molecule has 3 heteroatoms. The minimum absolute atomic E-state index is 0.0960. The van der Waals surface area contributed by atoms with Crippen LogP contribution in [0.5, 0.6) is 0 Å². The highest BCUT2D eigenvalue weighted by atomic mass is 16.3. The van der Waals surface area contributed by atoms with Gasteiger partial charge in [0.05, 0.1) is 5.57 Å². The predicted octanol–water partition coefficient (Wildman–Crippen LogP) is 4.23. The molecule has 0 fully saturated rings. The summed E-state index contributed by atoms with van der Waals surface area (Å²) in [5.74, 6) is -1.14. The van der Waals surface area contributed by atoms with E-state index in [0.29, 0.717) is 12.0 Å². The van der Waals surface area contributed by atoms with E-state index in [1.165, 1.54) is 11.6 Å². The lowest BCUT2D eigenvalue weighted by atomic mass is 9.71. The number of carbonyl (C=O) groups is 2. The van der Waals surface area contributed by atoms with Gasteiger partial charge in [-0.2, -0.15) is 0 Å². The second-order valence-electron chi connectivity index (χ2n) is 6.41. The van der Waals surface area contributed by atoms with Crippen LogP contribution in [-0.2, 0) is 9.59 Å². The Balaban J connectivity index is 2.46. The van der Waals surface area contributed by atoms with E-state index in [9.17, 15) is 14.7 Å². The van der Waals surface area contributed by atoms with E-state index in [1.807, 2.05) is 26.8 Å². The second-order valence-corrected chi connectivity index (χ2v) is 6.41. The Kier molecular flexibility index (Phi) is 4.84. The maximum atomic E-state index is 12.5. The van der Waals surface area contributed by atoms with Crippen LogP contribution in [0.4, 0.5) is 0 Å². The quantitative estimate of drug-likeness (QED) is 0.624. The van der Waals surface area contributed by atoms with Gasteiger partial charge in [-0.15, -0.1) is 0 Å². The molecule has 2 atom stereocenters. The number of aliphatic hydroxyl groups excluding tert-OH is 1. The standard InChI is InChI=1S/C19H24O3/c1-5-6-13-10-16(20)17(19(22)18(13)21)15-9-12(4)7-8-14(15)11(2)3/h9-10,14-15,22H,2,5-8H2,1,3-4H3. The van der Waals surface area contributed by atoms with Crippen LogP contribution in [0, 0.1) is 11.8 Å². The van der Waals surface area contributed by atoms with Crippen molar-refractivity contribution in [2.24, 2.45) is 11.8 Å². The molecule has 0 amide bonds. The molecule has 0 radical (unpaired) electrons. The third-order valence-corrected chi connectivity index (χ3v) is 4.57. The van der Waals surface area contributed by atoms with E-state index in [1.54, 1.807) is 0 Å². The number of aliphatic hydroxyl groups is 1. The van der Waals surface area contributed by atoms with Crippen LogP contribution in [0.25, 0.3) is 0 Å². The molecule has 0 saturated heterocycles. The summed E-state index contributed by atoms with van der Waals surface area (Å²) in [6.45, 7) is 9.92. The van der Waals surface area contributed by atoms with Crippen molar-refractivity contribution in [2.45, 2.75) is 46.5 Å². The average molecular weight is 300 g/mol. The van der Waals surface area contributed by atoms with Crippen molar-refractivity contribution in [1.82, 2.24) is 0 Å². The number of carbonyl (C=O) groups excluding carboxylic acids is 2. The second kappa shape index (κ2) is 6.47. The Labute approximate surface area is 132 Å². The molecule has 3 nitrogen and oxygen atoms in total. The smallest absolute Gasteiger partial charge is 0.223 e. The van der Waals surface area contributed by atoms with Gasteiger partial charge in [0.1, 0.15) is 0 Å². The molecule has 2 rings (SSSR count). The summed E-state index contributed by atoms with van der Waals surface area (Å²) in [7, 11) is 0. The lowest BCUT2D eigenvalue weighted by Crippen LogP contribution is -2.29. The fourth-order valence-electron chi connectivity index (χ4n) is 3.38. The van der Waals surface area contributed by atoms with Crippen LogP contribution in [0.1, 0.15) is 46.5 Å². The van der Waals surface area contributed by atoms with Gasteiger partial charge < -0.3 is 5.11 Å². The van der Waals surface area contributed by atoms with E-state index in [0.717, 1.165) is 24.8 Å². The molecule has 0 aliphatic heterocycles. The molecule has 22 heavy (non-hydrogen) atoms. The van der Waals surface area contributed by atoms with Crippen molar-refractivity contribution in [3.63, 3.8) is 0 Å². The minimum Gasteiger partial charge on any atom is -0.504 e. The average Bonchev–Trinajstić information content (AvgIpc) is 2.44. The zero-order valence-electron chi connectivity index (χ0n) is 13.6. The first-order chi connectivity index (χ1) is 10.4. The Bertz CT molecular complexity index is 617. The molecule has 0 heterocycles. The van der Waals surface area contributed by atoms with Crippen molar-refractivity contribution < 1.29 is 14.7 Å². The molecule has 2 unspecified atom stereocenters. The topological polar surface area (TPSA) is 54.4 Å². The molecular formula is C19H24O3. The molecule has 0 aromatic carbocycles. The maximum Gasteiger partial charge on any atom is 0.223 e. The number of Topliss-reactive ketones (excluding diaryl/α,β-unsaturated/α-hetero) is 1. The summed E-state index contributed by atoms with van der Waals surface area (Å²) in [4.78, 5) is 24.8. The van der Waals surface area contributed by atoms with Crippen LogP contribution in [-0.4, -0.2) is 16.7 Å². The summed E-state index contributed by atoms with van der Waals surface area (Å²) in [6, 6.07) is 0. The van der Waals surface area contributed by atoms with Crippen LogP contribution < -0.4 is 0 Å². The largest absolute Gasteiger partial charge is 0.504 e. The fourth-order valence-corrected chi connectivity index (χ4v) is 3.38. The van der Waals surface area contributed by atoms with E-state index in [-0.39, 0.29) is 29.0 Å². The molecule has 0 spiro atoms. The van der Waals surface area contributed by atoms with Crippen LogP contribution in [0.3, 0.4) is 0 Å². The van der Waals surface area contributed by atoms with Crippen molar-refractivity contribution in [2.75, 3.05) is 0 Å². The molecule has 118 valence electrons. The Hall–Kier alpha value is -1.90. The molecule has 0 aromatic rings. The number of hydrogen-bond donors (Lipinski definition) is 1. The van der Waals surface area contributed by atoms with Crippen LogP contribution in [0.15, 0.2) is 46.8 Å². The van der Waals surface area contributed by atoms with Gasteiger partial charge in [0.2, 0.25) is 5.78 Å². The molecule has 0 saturated carbocycles. The summed E-state index contributed by atoms with van der Waals surface area (Å²) < 4.78 is 0. The highest BCUT2D eigenvalue weighted by Crippen LogP contribution is 2.40. The van der Waals surface area contributed by atoms with Gasteiger partial charge in [-0.3, -0.25) is 9.59 Å². The zero-order valence-corrected chi connectivity index (χ0v) is 13.6. The number of allylic oxidation sites excluding steroid dienone is 6. The molecule has 0 bridgehead atoms. The molecule has 1 N–H and O–H groups in total. The van der Waals surface area contributed by atoms with Crippen LogP contribution >= 0.6 is 0 Å². The number of ketones is 2. The summed E-state index contributed by atoms with van der Waals surface area (Å²) in [5.41, 5.74) is 2.83. The lowest BCUT2D eigenvalue weighted by molar-refractivity contribution is -0.118. The summed E-state index contributed by atoms with van der Waals surface area (Å²) in [5, 5.41) is 10.4. The van der Waals surface area contributed by atoms with Crippen molar-refractivity contribution in [3.05, 3.63) is 46.8 Å². The lowest BCUT2D eigenvalue weighted by Gasteiger charge is -2.32. The Morgan fingerprint density at radius 1 is 1.41 bits per heavy atom. The van der Waals surface area contributed by atoms with E-state index in [2.05, 4.69) is 6.58 Å². The zero-order chi connectivity index (χ0) is 16.4. The summed E-state index contributed by atoms with van der Waals surface area (Å²) >= 11 is 0. The first-order valence-electron chi connectivity index (χ1n) is 7.92. The Morgan fingerprint density at radius 2 is 2.09 bits per heavy atom. The van der Waals surface area contributed by atoms with Crippen molar-refractivity contribution in [1.29, 1.82) is 0 Å². The third-order valence-electron chi connectivity index (χ3n) is 4.57. The number of hydrogen-bond acceptors (Lipinski definition) is 3. The first-order valence-corrected chi connectivity index (χ1v) is 7.92. The SMILES string of the molecule is C=C(C)C1CCC(C)=CC1C1=C(O)C(=O)C(CCC)=CC1=O. The number of rotatable bonds is 4. The molecule has 0 aromatic heterocycles. The van der Waals surface area contributed by atoms with Gasteiger partial charge in [-0.25, -0.2) is 0 Å². The Morgan fingerprint density at radius 3 is 2.68 bits per heavy atom. The monoisotopic (exact) mass is 300 g/mol. The van der Waals surface area contributed by atoms with E-state index >= 15 is 0 Å². The predicted molar refractivity (Wildman–Crippen MR) is 87.4 cm³/mol. The normalized spacial score (nSPS) is 26.0. The van der Waals surface area contributed by atoms with Gasteiger partial charge >= 0.3 is 0 Å². The minimum atomic E-state index is -0.395. The van der Waals surface area contributed by atoms with E-state index < -0.39 is 5.78 Å². The third kappa shape index (κ3) is 2.99. The summed E-state index contributed by atoms with van der Waals surface area (Å²) in [6.07, 6.45) is 6.56. The fraction of sp³-hybridized carbons (Fsp3) is 0.474. The van der Waals surface area contributed by atoms with Gasteiger partial charge in [0.15, 0.2) is 11.5 Å². The van der Waals surface area contributed by atoms with Crippen LogP contribution in [0.2, 0.25) is 0 Å². The van der Waals surface area contributed by atoms with Gasteiger partial charge in [0, 0.05) is 11.5 Å². The van der Waals surface area contributed by atoms with Gasteiger partial charge in [-0.05, 0) is 45.1 Å². The van der Waals surface area contributed by atoms with Gasteiger partial charge in [0.25, 0.3) is 0 Å². The van der Waals surface area contributed by atoms with Crippen molar-refractivity contribution in [3.8, 4) is 0 Å². The molecular weight excluding hydrogens is 276 g/mol. The molecule has 2 aliphatic rings. The molecule has 2 aliphatic carbocycles. The highest BCUT2D eigenvalue weighted by molar-refractivity contribution is 6.22. The van der Waals surface area contributed by atoms with E-state index in [4.69, 9.17) is 0 Å². The van der Waals surface area contributed by atoms with Crippen molar-refractivity contribution >= 4 is 11.6 Å².